The molecule has 1 heterocycles. The van der Waals surface area contributed by atoms with Crippen LogP contribution < -0.4 is 0 Å². The van der Waals surface area contributed by atoms with Crippen LogP contribution in [0.25, 0.3) is 0 Å². The van der Waals surface area contributed by atoms with Crippen LogP contribution in [0.1, 0.15) is 65.7 Å². The Kier molecular flexibility index (Phi) is 7.79. The van der Waals surface area contributed by atoms with E-state index in [1.165, 1.54) is 68.3 Å². The summed E-state index contributed by atoms with van der Waals surface area (Å²) in [5.74, 6) is 0. The number of aliphatic imine (C=N–C) groups is 1. The summed E-state index contributed by atoms with van der Waals surface area (Å²) in [6.45, 7) is 15.0. The minimum absolute atomic E-state index is 0.639. The van der Waals surface area contributed by atoms with Gasteiger partial charge in [-0.05, 0) is 26.2 Å². The molecule has 1 rings (SSSR count). The molecule has 0 fully saturated rings. The summed E-state index contributed by atoms with van der Waals surface area (Å²) in [5.41, 5.74) is 3.55. The standard InChI is InChI=1S/C18H35NSi/c1-6-14-20(5,15-7-2)18(16(3)4)17-12-10-8-9-11-13-19-17/h18H,3,6-15H2,1-2,4-5H3. The molecule has 0 aromatic carbocycles. The van der Waals surface area contributed by atoms with Crippen LogP contribution in [0, 0.1) is 0 Å². The van der Waals surface area contributed by atoms with Gasteiger partial charge in [0.25, 0.3) is 0 Å². The van der Waals surface area contributed by atoms with Crippen LogP contribution in [0.5, 0.6) is 0 Å². The third-order valence-electron chi connectivity index (χ3n) is 4.82. The van der Waals surface area contributed by atoms with E-state index in [-0.39, 0.29) is 0 Å². The maximum atomic E-state index is 5.03. The van der Waals surface area contributed by atoms with Crippen molar-refractivity contribution < 1.29 is 0 Å². The van der Waals surface area contributed by atoms with Crippen LogP contribution in [0.15, 0.2) is 17.1 Å². The molecule has 1 aliphatic rings. The van der Waals surface area contributed by atoms with Gasteiger partial charge < -0.3 is 0 Å². The average molecular weight is 294 g/mol. The van der Waals surface area contributed by atoms with Crippen molar-refractivity contribution in [1.29, 1.82) is 0 Å². The second kappa shape index (κ2) is 8.81. The van der Waals surface area contributed by atoms with Crippen molar-refractivity contribution in [3.8, 4) is 0 Å². The summed E-state index contributed by atoms with van der Waals surface area (Å²) in [6.07, 6.45) is 9.25. The fourth-order valence-electron chi connectivity index (χ4n) is 4.15. The number of nitrogens with zero attached hydrogens (tertiary/aromatic N) is 1. The number of hydrogen-bond donors (Lipinski definition) is 0. The SMILES string of the molecule is C=C(C)C(C1=NCCCCCC1)[Si](C)(CCC)CCC. The molecule has 0 N–H and O–H groups in total. The first-order valence-corrected chi connectivity index (χ1v) is 11.7. The van der Waals surface area contributed by atoms with E-state index in [9.17, 15) is 0 Å². The lowest BCUT2D eigenvalue weighted by Gasteiger charge is -2.38. The summed E-state index contributed by atoms with van der Waals surface area (Å²) in [7, 11) is -1.30. The van der Waals surface area contributed by atoms with Gasteiger partial charge >= 0.3 is 0 Å². The molecular formula is C18H35NSi. The topological polar surface area (TPSA) is 12.4 Å². The van der Waals surface area contributed by atoms with Gasteiger partial charge in [0.2, 0.25) is 0 Å². The molecule has 0 aliphatic carbocycles. The molecule has 0 aromatic rings. The van der Waals surface area contributed by atoms with Crippen LogP contribution in [0.2, 0.25) is 24.2 Å². The highest BCUT2D eigenvalue weighted by molar-refractivity contribution is 6.83. The van der Waals surface area contributed by atoms with Crippen LogP contribution in [-0.4, -0.2) is 20.3 Å². The van der Waals surface area contributed by atoms with Crippen molar-refractivity contribution in [3.63, 3.8) is 0 Å². The summed E-state index contributed by atoms with van der Waals surface area (Å²) < 4.78 is 0. The monoisotopic (exact) mass is 293 g/mol. The van der Waals surface area contributed by atoms with E-state index in [1.807, 2.05) is 0 Å². The third-order valence-corrected chi connectivity index (χ3v) is 10.3. The summed E-state index contributed by atoms with van der Waals surface area (Å²) in [6, 6.07) is 2.86. The second-order valence-corrected chi connectivity index (χ2v) is 11.9. The second-order valence-electron chi connectivity index (χ2n) is 6.97. The molecule has 1 nitrogen and oxygen atoms in total. The van der Waals surface area contributed by atoms with Crippen LogP contribution in [0.4, 0.5) is 0 Å². The molecule has 0 radical (unpaired) electrons. The van der Waals surface area contributed by atoms with E-state index in [4.69, 9.17) is 4.99 Å². The number of rotatable bonds is 7. The van der Waals surface area contributed by atoms with E-state index >= 15 is 0 Å². The minimum atomic E-state index is -1.30. The zero-order valence-corrected chi connectivity index (χ0v) is 15.3. The highest BCUT2D eigenvalue weighted by atomic mass is 28.3. The van der Waals surface area contributed by atoms with Crippen molar-refractivity contribution in [1.82, 2.24) is 0 Å². The van der Waals surface area contributed by atoms with E-state index in [1.54, 1.807) is 0 Å². The molecule has 1 aliphatic heterocycles. The number of hydrogen-bond acceptors (Lipinski definition) is 1. The highest BCUT2D eigenvalue weighted by Crippen LogP contribution is 2.39. The molecule has 116 valence electrons. The zero-order valence-electron chi connectivity index (χ0n) is 14.3. The smallest absolute Gasteiger partial charge is 0.0645 e. The lowest BCUT2D eigenvalue weighted by Crippen LogP contribution is -2.41. The fraction of sp³-hybridized carbons (Fsp3) is 0.833. The summed E-state index contributed by atoms with van der Waals surface area (Å²) in [4.78, 5) is 5.03. The molecule has 0 spiro atoms. The lowest BCUT2D eigenvalue weighted by atomic mass is 10.0. The van der Waals surface area contributed by atoms with Gasteiger partial charge in [0.05, 0.1) is 8.07 Å². The molecule has 0 amide bonds. The molecule has 2 heteroatoms. The Hall–Kier alpha value is -0.373. The lowest BCUT2D eigenvalue weighted by molar-refractivity contribution is 0.640. The highest BCUT2D eigenvalue weighted by Gasteiger charge is 2.38. The predicted octanol–water partition coefficient (Wildman–Crippen LogP) is 6.24. The fourth-order valence-corrected chi connectivity index (χ4v) is 9.49. The third kappa shape index (κ3) is 4.87. The Bertz CT molecular complexity index is 326. The van der Waals surface area contributed by atoms with Crippen LogP contribution in [-0.2, 0) is 0 Å². The van der Waals surface area contributed by atoms with Crippen LogP contribution >= 0.6 is 0 Å². The first-order chi connectivity index (χ1) is 9.55. The molecule has 0 saturated heterocycles. The Morgan fingerprint density at radius 3 is 2.30 bits per heavy atom. The van der Waals surface area contributed by atoms with Gasteiger partial charge in [0.1, 0.15) is 0 Å². The Morgan fingerprint density at radius 2 is 1.75 bits per heavy atom. The van der Waals surface area contributed by atoms with Crippen molar-refractivity contribution in [3.05, 3.63) is 12.2 Å². The molecule has 1 unspecified atom stereocenters. The first-order valence-electron chi connectivity index (χ1n) is 8.73. The van der Waals surface area contributed by atoms with Gasteiger partial charge in [0, 0.05) is 17.8 Å². The average Bonchev–Trinajstić information content (AvgIpc) is 2.32. The molecule has 0 bridgehead atoms. The van der Waals surface area contributed by atoms with E-state index in [0.717, 1.165) is 6.54 Å². The molecule has 0 saturated carbocycles. The van der Waals surface area contributed by atoms with Crippen LogP contribution in [0.3, 0.4) is 0 Å². The largest absolute Gasteiger partial charge is 0.294 e. The molecule has 1 atom stereocenters. The number of allylic oxidation sites excluding steroid dienone is 1. The molecule has 20 heavy (non-hydrogen) atoms. The van der Waals surface area contributed by atoms with Gasteiger partial charge in [-0.2, -0.15) is 0 Å². The van der Waals surface area contributed by atoms with Gasteiger partial charge in [-0.1, -0.05) is 70.3 Å². The molecule has 0 aromatic heterocycles. The van der Waals surface area contributed by atoms with E-state index in [0.29, 0.717) is 5.54 Å². The van der Waals surface area contributed by atoms with Crippen molar-refractivity contribution >= 4 is 13.8 Å². The maximum absolute atomic E-state index is 5.03. The van der Waals surface area contributed by atoms with E-state index in [2.05, 4.69) is 33.9 Å². The van der Waals surface area contributed by atoms with Gasteiger partial charge in [-0.15, -0.1) is 0 Å². The first kappa shape index (κ1) is 17.7. The Balaban J connectivity index is 3.02. The van der Waals surface area contributed by atoms with Crippen molar-refractivity contribution in [2.24, 2.45) is 4.99 Å². The van der Waals surface area contributed by atoms with Gasteiger partial charge in [-0.25, -0.2) is 0 Å². The normalized spacial score (nSPS) is 18.9. The quantitative estimate of drug-likeness (QED) is 0.389. The van der Waals surface area contributed by atoms with Crippen molar-refractivity contribution in [2.45, 2.75) is 89.9 Å². The minimum Gasteiger partial charge on any atom is -0.294 e. The molecular weight excluding hydrogens is 258 g/mol. The van der Waals surface area contributed by atoms with Crippen molar-refractivity contribution in [2.75, 3.05) is 6.54 Å². The van der Waals surface area contributed by atoms with Gasteiger partial charge in [0.15, 0.2) is 0 Å². The van der Waals surface area contributed by atoms with Gasteiger partial charge in [-0.3, -0.25) is 4.99 Å². The maximum Gasteiger partial charge on any atom is 0.0645 e. The predicted molar refractivity (Wildman–Crippen MR) is 95.8 cm³/mol. The Morgan fingerprint density at radius 1 is 1.15 bits per heavy atom. The summed E-state index contributed by atoms with van der Waals surface area (Å²) >= 11 is 0. The summed E-state index contributed by atoms with van der Waals surface area (Å²) in [5, 5.41) is 0. The van der Waals surface area contributed by atoms with E-state index < -0.39 is 8.07 Å². The zero-order chi connectivity index (χ0) is 15.0. The Labute approximate surface area is 128 Å².